The van der Waals surface area contributed by atoms with Crippen molar-refractivity contribution in [3.63, 3.8) is 0 Å². The van der Waals surface area contributed by atoms with E-state index in [2.05, 4.69) is 30.3 Å². The third-order valence-electron chi connectivity index (χ3n) is 4.52. The van der Waals surface area contributed by atoms with E-state index in [1.807, 2.05) is 65.4 Å². The number of aromatic nitrogens is 3. The quantitative estimate of drug-likeness (QED) is 0.383. The van der Waals surface area contributed by atoms with E-state index in [4.69, 9.17) is 9.72 Å². The van der Waals surface area contributed by atoms with Crippen LogP contribution in [0.25, 0.3) is 27.8 Å². The fraction of sp³-hybridized carbons (Fsp3) is 0.0400. The molecule has 0 saturated heterocycles. The van der Waals surface area contributed by atoms with Crippen molar-refractivity contribution in [2.24, 2.45) is 0 Å². The molecule has 0 aliphatic carbocycles. The van der Waals surface area contributed by atoms with Crippen molar-refractivity contribution in [2.45, 2.75) is 0 Å². The Morgan fingerprint density at radius 3 is 2.69 bits per heavy atom. The predicted octanol–water partition coefficient (Wildman–Crippen LogP) is 5.76. The lowest BCUT2D eigenvalue weighted by atomic mass is 10.1. The molecule has 0 saturated carbocycles. The zero-order valence-corrected chi connectivity index (χ0v) is 16.0. The first-order valence-electron chi connectivity index (χ1n) is 9.32. The molecular formula is C25H21N3O. The summed E-state index contributed by atoms with van der Waals surface area (Å²) in [5.74, 6) is 0.799. The van der Waals surface area contributed by atoms with E-state index >= 15 is 0 Å². The van der Waals surface area contributed by atoms with Crippen molar-refractivity contribution >= 4 is 10.9 Å². The maximum Gasteiger partial charge on any atom is 0.119 e. The summed E-state index contributed by atoms with van der Waals surface area (Å²) >= 11 is 0. The van der Waals surface area contributed by atoms with Crippen LogP contribution in [0.1, 0.15) is 0 Å². The van der Waals surface area contributed by atoms with Gasteiger partial charge in [0.15, 0.2) is 0 Å². The molecule has 0 spiro atoms. The molecule has 2 aromatic carbocycles. The summed E-state index contributed by atoms with van der Waals surface area (Å²) in [6, 6.07) is 18.3. The van der Waals surface area contributed by atoms with E-state index in [1.54, 1.807) is 18.6 Å². The Balaban J connectivity index is 1.50. The van der Waals surface area contributed by atoms with Gasteiger partial charge in [-0.05, 0) is 54.1 Å². The summed E-state index contributed by atoms with van der Waals surface area (Å²) in [5.41, 5.74) is 4.88. The van der Waals surface area contributed by atoms with Crippen LogP contribution in [0.15, 0.2) is 110 Å². The van der Waals surface area contributed by atoms with Crippen LogP contribution in [0.3, 0.4) is 0 Å². The summed E-state index contributed by atoms with van der Waals surface area (Å²) in [4.78, 5) is 8.91. The van der Waals surface area contributed by atoms with Crippen LogP contribution in [0, 0.1) is 0 Å². The fourth-order valence-electron chi connectivity index (χ4n) is 3.00. The highest BCUT2D eigenvalue weighted by molar-refractivity contribution is 5.83. The highest BCUT2D eigenvalue weighted by atomic mass is 16.5. The fourth-order valence-corrected chi connectivity index (χ4v) is 3.00. The van der Waals surface area contributed by atoms with Crippen LogP contribution < -0.4 is 4.74 Å². The molecule has 4 aromatic rings. The molecule has 142 valence electrons. The standard InChI is InChI=1S/C25H21N3O/c1-3-4-5-19(2)17-29-23-10-6-20(7-11-23)24-12-8-21-16-22(9-13-25(21)27-24)28-15-14-26-18-28/h3-16,18H,1-2,17H2/b5-4-. The molecular weight excluding hydrogens is 358 g/mol. The molecule has 0 bridgehead atoms. The molecule has 0 fully saturated rings. The molecule has 0 atom stereocenters. The normalized spacial score (nSPS) is 11.0. The third kappa shape index (κ3) is 4.33. The van der Waals surface area contributed by atoms with Crippen molar-refractivity contribution in [3.05, 3.63) is 110 Å². The van der Waals surface area contributed by atoms with Crippen LogP contribution >= 0.6 is 0 Å². The van der Waals surface area contributed by atoms with Crippen LogP contribution in [-0.2, 0) is 0 Å². The van der Waals surface area contributed by atoms with Gasteiger partial charge in [0, 0.05) is 29.0 Å². The Hall–Kier alpha value is -3.92. The average molecular weight is 379 g/mol. The minimum atomic E-state index is 0.442. The van der Waals surface area contributed by atoms with Crippen molar-refractivity contribution in [1.82, 2.24) is 14.5 Å². The Labute approximate surface area is 170 Å². The number of allylic oxidation sites excluding steroid dienone is 2. The molecule has 0 N–H and O–H groups in total. The van der Waals surface area contributed by atoms with E-state index in [0.717, 1.165) is 39.2 Å². The van der Waals surface area contributed by atoms with Gasteiger partial charge in [-0.3, -0.25) is 0 Å². The zero-order valence-electron chi connectivity index (χ0n) is 16.0. The second kappa shape index (κ2) is 8.40. The highest BCUT2D eigenvalue weighted by Crippen LogP contribution is 2.25. The molecule has 2 aromatic heterocycles. The number of rotatable bonds is 7. The zero-order chi connectivity index (χ0) is 20.1. The number of hydrogen-bond donors (Lipinski definition) is 0. The topological polar surface area (TPSA) is 39.9 Å². The number of benzene rings is 2. The molecule has 0 aliphatic rings. The number of imidazole rings is 1. The number of ether oxygens (including phenoxy) is 1. The van der Waals surface area contributed by atoms with Crippen molar-refractivity contribution in [2.75, 3.05) is 6.61 Å². The summed E-state index contributed by atoms with van der Waals surface area (Å²) in [6.45, 7) is 8.04. The first kappa shape index (κ1) is 18.4. The Bertz CT molecular complexity index is 1170. The minimum Gasteiger partial charge on any atom is -0.489 e. The first-order chi connectivity index (χ1) is 14.2. The highest BCUT2D eigenvalue weighted by Gasteiger charge is 2.04. The second-order valence-electron chi connectivity index (χ2n) is 6.61. The molecule has 0 aliphatic heterocycles. The monoisotopic (exact) mass is 379 g/mol. The van der Waals surface area contributed by atoms with E-state index in [-0.39, 0.29) is 0 Å². The van der Waals surface area contributed by atoms with Crippen LogP contribution in [-0.4, -0.2) is 21.1 Å². The average Bonchev–Trinajstić information content (AvgIpc) is 3.31. The van der Waals surface area contributed by atoms with Gasteiger partial charge in [-0.15, -0.1) is 0 Å². The number of hydrogen-bond acceptors (Lipinski definition) is 3. The molecule has 4 heteroatoms. The van der Waals surface area contributed by atoms with Gasteiger partial charge in [0.05, 0.1) is 17.5 Å². The van der Waals surface area contributed by atoms with Crippen LogP contribution in [0.5, 0.6) is 5.75 Å². The van der Waals surface area contributed by atoms with Crippen molar-refractivity contribution in [3.8, 4) is 22.7 Å². The largest absolute Gasteiger partial charge is 0.489 e. The van der Waals surface area contributed by atoms with E-state index in [1.165, 1.54) is 0 Å². The van der Waals surface area contributed by atoms with Gasteiger partial charge in [0.25, 0.3) is 0 Å². The van der Waals surface area contributed by atoms with Gasteiger partial charge >= 0.3 is 0 Å². The predicted molar refractivity (Wildman–Crippen MR) is 118 cm³/mol. The maximum absolute atomic E-state index is 5.76. The lowest BCUT2D eigenvalue weighted by Crippen LogP contribution is -1.98. The minimum absolute atomic E-state index is 0.442. The SMILES string of the molecule is C=C/C=C\C(=C)COc1ccc(-c2ccc3cc(-n4ccnc4)ccc3n2)cc1. The summed E-state index contributed by atoms with van der Waals surface area (Å²) in [6.07, 6.45) is 10.9. The first-order valence-corrected chi connectivity index (χ1v) is 9.32. The summed E-state index contributed by atoms with van der Waals surface area (Å²) in [5, 5.41) is 1.09. The Kier molecular flexibility index (Phi) is 5.34. The summed E-state index contributed by atoms with van der Waals surface area (Å²) in [7, 11) is 0. The Morgan fingerprint density at radius 2 is 1.93 bits per heavy atom. The molecule has 0 amide bonds. The van der Waals surface area contributed by atoms with E-state index < -0.39 is 0 Å². The lowest BCUT2D eigenvalue weighted by Gasteiger charge is -2.08. The third-order valence-corrected chi connectivity index (χ3v) is 4.52. The molecule has 0 radical (unpaired) electrons. The van der Waals surface area contributed by atoms with Crippen molar-refractivity contribution < 1.29 is 4.74 Å². The summed E-state index contributed by atoms with van der Waals surface area (Å²) < 4.78 is 7.74. The smallest absolute Gasteiger partial charge is 0.119 e. The number of nitrogens with zero attached hydrogens (tertiary/aromatic N) is 3. The molecule has 2 heterocycles. The van der Waals surface area contributed by atoms with Crippen LogP contribution in [0.2, 0.25) is 0 Å². The van der Waals surface area contributed by atoms with Gasteiger partial charge in [-0.1, -0.05) is 37.5 Å². The van der Waals surface area contributed by atoms with Crippen molar-refractivity contribution in [1.29, 1.82) is 0 Å². The molecule has 4 rings (SSSR count). The van der Waals surface area contributed by atoms with Gasteiger partial charge in [-0.25, -0.2) is 9.97 Å². The van der Waals surface area contributed by atoms with Gasteiger partial charge in [0.1, 0.15) is 12.4 Å². The molecule has 4 nitrogen and oxygen atoms in total. The maximum atomic E-state index is 5.76. The second-order valence-corrected chi connectivity index (χ2v) is 6.61. The Morgan fingerprint density at radius 1 is 1.07 bits per heavy atom. The van der Waals surface area contributed by atoms with Gasteiger partial charge in [-0.2, -0.15) is 0 Å². The van der Waals surface area contributed by atoms with Crippen LogP contribution in [0.4, 0.5) is 0 Å². The molecule has 0 unspecified atom stereocenters. The van der Waals surface area contributed by atoms with Gasteiger partial charge in [0.2, 0.25) is 0 Å². The van der Waals surface area contributed by atoms with E-state index in [0.29, 0.717) is 6.61 Å². The number of fused-ring (bicyclic) bond motifs is 1. The number of pyridine rings is 1. The van der Waals surface area contributed by atoms with Gasteiger partial charge < -0.3 is 9.30 Å². The lowest BCUT2D eigenvalue weighted by molar-refractivity contribution is 0.356. The molecule has 29 heavy (non-hydrogen) atoms. The van der Waals surface area contributed by atoms with E-state index in [9.17, 15) is 0 Å².